The van der Waals surface area contributed by atoms with Crippen molar-refractivity contribution in [3.05, 3.63) is 47.6 Å². The predicted molar refractivity (Wildman–Crippen MR) is 107 cm³/mol. The molecule has 1 aliphatic heterocycles. The molecule has 5 rings (SSSR count). The summed E-state index contributed by atoms with van der Waals surface area (Å²) in [7, 11) is 0. The molecule has 1 saturated heterocycles. The largest absolute Gasteiger partial charge is 0.478 e. The number of aromatic nitrogens is 3. The average molecular weight is 409 g/mol. The molecule has 30 heavy (non-hydrogen) atoms. The molecule has 0 bridgehead atoms. The van der Waals surface area contributed by atoms with Gasteiger partial charge in [-0.3, -0.25) is 4.79 Å². The maximum atomic E-state index is 13.1. The van der Waals surface area contributed by atoms with E-state index in [4.69, 9.17) is 4.52 Å². The molecule has 3 heterocycles. The van der Waals surface area contributed by atoms with E-state index in [0.29, 0.717) is 23.3 Å². The number of imidazole rings is 1. The van der Waals surface area contributed by atoms with Gasteiger partial charge in [-0.15, -0.1) is 0 Å². The Kier molecular flexibility index (Phi) is 4.74. The van der Waals surface area contributed by atoms with E-state index in [-0.39, 0.29) is 23.3 Å². The van der Waals surface area contributed by atoms with Crippen LogP contribution in [-0.4, -0.2) is 61.8 Å². The maximum absolute atomic E-state index is 13.1. The molecule has 0 unspecified atom stereocenters. The van der Waals surface area contributed by atoms with Crippen molar-refractivity contribution in [1.29, 1.82) is 0 Å². The Morgan fingerprint density at radius 3 is 2.63 bits per heavy atom. The van der Waals surface area contributed by atoms with Crippen LogP contribution in [0.15, 0.2) is 35.1 Å². The van der Waals surface area contributed by atoms with Crippen LogP contribution in [0.2, 0.25) is 0 Å². The number of carbonyl (C=O) groups is 2. The Bertz CT molecular complexity index is 1080. The first-order chi connectivity index (χ1) is 14.6. The summed E-state index contributed by atoms with van der Waals surface area (Å²) in [4.78, 5) is 31.4. The quantitative estimate of drug-likeness (QED) is 0.641. The molecule has 2 aromatic heterocycles. The number of carboxylic acid groups (broad SMARTS) is 1. The Hall–Kier alpha value is -3.20. The fourth-order valence-corrected chi connectivity index (χ4v) is 4.18. The van der Waals surface area contributed by atoms with Gasteiger partial charge in [-0.25, -0.2) is 9.78 Å². The monoisotopic (exact) mass is 409 g/mol. The third-order valence-corrected chi connectivity index (χ3v) is 5.94. The van der Waals surface area contributed by atoms with E-state index in [2.05, 4.69) is 20.4 Å². The van der Waals surface area contributed by atoms with E-state index in [9.17, 15) is 14.7 Å². The van der Waals surface area contributed by atoms with E-state index in [1.165, 1.54) is 31.2 Å². The van der Waals surface area contributed by atoms with E-state index in [1.807, 2.05) is 0 Å². The number of carbonyl (C=O) groups excluding carboxylic acids is 1. The number of aromatic carboxylic acids is 1. The molecular weight excluding hydrogens is 386 g/mol. The van der Waals surface area contributed by atoms with Crippen LogP contribution in [-0.2, 0) is 6.54 Å². The van der Waals surface area contributed by atoms with Gasteiger partial charge in [0.2, 0.25) is 0 Å². The predicted octanol–water partition coefficient (Wildman–Crippen LogP) is 2.13. The number of fused-ring (bicyclic) bond motifs is 1. The molecule has 0 atom stereocenters. The van der Waals surface area contributed by atoms with Crippen LogP contribution in [0.4, 0.5) is 0 Å². The van der Waals surface area contributed by atoms with Crippen molar-refractivity contribution >= 4 is 22.9 Å². The van der Waals surface area contributed by atoms with Gasteiger partial charge in [-0.05, 0) is 43.9 Å². The van der Waals surface area contributed by atoms with Gasteiger partial charge in [0.1, 0.15) is 12.0 Å². The minimum Gasteiger partial charge on any atom is -0.478 e. The molecule has 1 aliphatic carbocycles. The zero-order chi connectivity index (χ0) is 20.7. The molecule has 1 aromatic carbocycles. The summed E-state index contributed by atoms with van der Waals surface area (Å²) in [6, 6.07) is 7.27. The molecule has 9 nitrogen and oxygen atoms in total. The number of nitrogens with one attached hydrogen (secondary N) is 1. The zero-order valence-corrected chi connectivity index (χ0v) is 16.5. The van der Waals surface area contributed by atoms with Crippen molar-refractivity contribution in [1.82, 2.24) is 24.9 Å². The lowest BCUT2D eigenvalue weighted by Crippen LogP contribution is -2.45. The van der Waals surface area contributed by atoms with Gasteiger partial charge in [0.05, 0.1) is 23.1 Å². The van der Waals surface area contributed by atoms with Crippen LogP contribution in [0, 0.1) is 0 Å². The first-order valence-electron chi connectivity index (χ1n) is 10.3. The number of amides is 1. The summed E-state index contributed by atoms with van der Waals surface area (Å²) in [5, 5.41) is 16.3. The first kappa shape index (κ1) is 18.8. The van der Waals surface area contributed by atoms with Gasteiger partial charge >= 0.3 is 5.97 Å². The summed E-state index contributed by atoms with van der Waals surface area (Å²) in [6.07, 6.45) is 5.91. The highest BCUT2D eigenvalue weighted by Crippen LogP contribution is 2.29. The molecule has 0 radical (unpaired) electrons. The van der Waals surface area contributed by atoms with Crippen molar-refractivity contribution in [3.8, 4) is 0 Å². The minimum absolute atomic E-state index is 0.113. The summed E-state index contributed by atoms with van der Waals surface area (Å²) < 4.78 is 6.67. The van der Waals surface area contributed by atoms with Crippen molar-refractivity contribution in [2.24, 2.45) is 0 Å². The lowest BCUT2D eigenvalue weighted by Gasteiger charge is -2.32. The number of likely N-dealkylation sites (tertiary alicyclic amines) is 1. The van der Waals surface area contributed by atoms with Crippen molar-refractivity contribution in [2.75, 3.05) is 13.1 Å². The third-order valence-electron chi connectivity index (χ3n) is 5.94. The van der Waals surface area contributed by atoms with Crippen LogP contribution in [0.1, 0.15) is 52.4 Å². The van der Waals surface area contributed by atoms with Gasteiger partial charge in [-0.1, -0.05) is 5.16 Å². The second kappa shape index (κ2) is 7.56. The number of nitrogens with zero attached hydrogens (tertiary/aromatic N) is 4. The normalized spacial score (nSPS) is 18.0. The molecule has 156 valence electrons. The molecule has 1 saturated carbocycles. The van der Waals surface area contributed by atoms with E-state index >= 15 is 0 Å². The lowest BCUT2D eigenvalue weighted by molar-refractivity contribution is 0.0696. The molecule has 2 fully saturated rings. The Balaban J connectivity index is 1.41. The van der Waals surface area contributed by atoms with Crippen molar-refractivity contribution < 1.29 is 19.2 Å². The molecule has 0 spiro atoms. The fourth-order valence-electron chi connectivity index (χ4n) is 4.18. The Morgan fingerprint density at radius 1 is 1.17 bits per heavy atom. The second-order valence-corrected chi connectivity index (χ2v) is 8.04. The number of piperidine rings is 1. The third kappa shape index (κ3) is 3.68. The van der Waals surface area contributed by atoms with Crippen LogP contribution >= 0.6 is 0 Å². The first-order valence-corrected chi connectivity index (χ1v) is 10.3. The summed E-state index contributed by atoms with van der Waals surface area (Å²) in [5.41, 5.74) is 1.93. The van der Waals surface area contributed by atoms with Crippen molar-refractivity contribution in [3.63, 3.8) is 0 Å². The van der Waals surface area contributed by atoms with E-state index in [1.54, 1.807) is 16.7 Å². The number of hydrogen-bond donors (Lipinski definition) is 2. The molecule has 2 N–H and O–H groups in total. The number of carboxylic acids is 1. The van der Waals surface area contributed by atoms with Gasteiger partial charge in [0.25, 0.3) is 5.91 Å². The molecule has 1 amide bonds. The van der Waals surface area contributed by atoms with E-state index in [0.717, 1.165) is 32.0 Å². The van der Waals surface area contributed by atoms with Gasteiger partial charge < -0.3 is 24.4 Å². The van der Waals surface area contributed by atoms with Crippen LogP contribution in [0.3, 0.4) is 0 Å². The zero-order valence-electron chi connectivity index (χ0n) is 16.5. The van der Waals surface area contributed by atoms with Crippen molar-refractivity contribution in [2.45, 2.75) is 44.3 Å². The van der Waals surface area contributed by atoms with E-state index < -0.39 is 5.97 Å². The topological polar surface area (TPSA) is 113 Å². The SMILES string of the molecule is O=C(O)c1ccc2c(c1)nc(C(=O)NC1CCN(C3CC3)CC1)n2Cc1ccon1. The number of hydrogen-bond acceptors (Lipinski definition) is 6. The standard InChI is InChI=1S/C21H23N5O4/c27-20(22-14-5-8-25(9-6-14)16-2-3-16)19-23-17-11-13(21(28)29)1-4-18(17)26(19)12-15-7-10-30-24-15/h1,4,7,10-11,14,16H,2-3,5-6,8-9,12H2,(H,22,27)(H,28,29). The van der Waals surface area contributed by atoms with Crippen LogP contribution in [0.25, 0.3) is 11.0 Å². The number of benzene rings is 1. The van der Waals surface area contributed by atoms with Crippen LogP contribution < -0.4 is 5.32 Å². The summed E-state index contributed by atoms with van der Waals surface area (Å²) in [6.45, 7) is 2.32. The smallest absolute Gasteiger partial charge is 0.335 e. The Labute approximate surface area is 172 Å². The molecular formula is C21H23N5O4. The Morgan fingerprint density at radius 2 is 1.97 bits per heavy atom. The lowest BCUT2D eigenvalue weighted by atomic mass is 10.0. The van der Waals surface area contributed by atoms with Gasteiger partial charge in [-0.2, -0.15) is 0 Å². The van der Waals surface area contributed by atoms with Gasteiger partial charge in [0, 0.05) is 31.2 Å². The highest BCUT2D eigenvalue weighted by atomic mass is 16.5. The molecule has 9 heteroatoms. The van der Waals surface area contributed by atoms with Crippen LogP contribution in [0.5, 0.6) is 0 Å². The molecule has 3 aromatic rings. The highest BCUT2D eigenvalue weighted by molar-refractivity contribution is 5.97. The fraction of sp³-hybridized carbons (Fsp3) is 0.429. The number of rotatable bonds is 6. The average Bonchev–Trinajstić information content (AvgIpc) is 3.35. The summed E-state index contributed by atoms with van der Waals surface area (Å²) >= 11 is 0. The maximum Gasteiger partial charge on any atom is 0.335 e. The highest BCUT2D eigenvalue weighted by Gasteiger charge is 2.32. The molecule has 2 aliphatic rings. The minimum atomic E-state index is -1.03. The van der Waals surface area contributed by atoms with Gasteiger partial charge in [0.15, 0.2) is 5.82 Å². The summed E-state index contributed by atoms with van der Waals surface area (Å²) in [5.74, 6) is -1.03. The second-order valence-electron chi connectivity index (χ2n) is 8.04.